The standard InChI is InChI=1S/C25H22FN5O2S/c26-20-6-8-21(9-7-20)31-23(19-10-12-27-13-11-19)28-29-25(31)34-22(18-4-2-1-3-5-18)24(32)30-14-16-33-17-15-30/h1-13,22H,14-17H2/t22-/m0/s1. The van der Waals surface area contributed by atoms with Gasteiger partial charge in [0.05, 0.1) is 13.2 Å². The molecule has 1 fully saturated rings. The summed E-state index contributed by atoms with van der Waals surface area (Å²) < 4.78 is 21.0. The Morgan fingerprint density at radius 2 is 1.65 bits per heavy atom. The Kier molecular flexibility index (Phi) is 6.64. The second kappa shape index (κ2) is 10.1. The molecule has 0 N–H and O–H groups in total. The number of thioether (sulfide) groups is 1. The van der Waals surface area contributed by atoms with Crippen LogP contribution < -0.4 is 0 Å². The summed E-state index contributed by atoms with van der Waals surface area (Å²) in [6.45, 7) is 2.15. The first-order valence-electron chi connectivity index (χ1n) is 10.9. The fourth-order valence-corrected chi connectivity index (χ4v) is 4.94. The van der Waals surface area contributed by atoms with Crippen molar-refractivity contribution in [3.63, 3.8) is 0 Å². The Morgan fingerprint density at radius 3 is 2.35 bits per heavy atom. The van der Waals surface area contributed by atoms with Gasteiger partial charge in [0.2, 0.25) is 5.91 Å². The third-order valence-corrected chi connectivity index (χ3v) is 6.71. The first kappa shape index (κ1) is 22.2. The van der Waals surface area contributed by atoms with Crippen LogP contribution in [0.15, 0.2) is 84.3 Å². The Bertz CT molecular complexity index is 1250. The summed E-state index contributed by atoms with van der Waals surface area (Å²) in [4.78, 5) is 19.5. The predicted octanol–water partition coefficient (Wildman–Crippen LogP) is 4.16. The van der Waals surface area contributed by atoms with E-state index in [1.807, 2.05) is 51.9 Å². The van der Waals surface area contributed by atoms with Gasteiger partial charge in [-0.05, 0) is 42.0 Å². The van der Waals surface area contributed by atoms with Crippen LogP contribution in [0.2, 0.25) is 0 Å². The maximum atomic E-state index is 13.7. The molecule has 7 nitrogen and oxygen atoms in total. The maximum absolute atomic E-state index is 13.7. The van der Waals surface area contributed by atoms with E-state index in [-0.39, 0.29) is 11.7 Å². The lowest BCUT2D eigenvalue weighted by Gasteiger charge is -2.30. The van der Waals surface area contributed by atoms with Crippen molar-refractivity contribution in [3.05, 3.63) is 90.5 Å². The van der Waals surface area contributed by atoms with Gasteiger partial charge < -0.3 is 9.64 Å². The first-order chi connectivity index (χ1) is 16.7. The van der Waals surface area contributed by atoms with Crippen LogP contribution in [0.1, 0.15) is 10.8 Å². The number of halogens is 1. The summed E-state index contributed by atoms with van der Waals surface area (Å²) in [6.07, 6.45) is 3.36. The largest absolute Gasteiger partial charge is 0.378 e. The number of rotatable bonds is 6. The minimum atomic E-state index is -0.520. The summed E-state index contributed by atoms with van der Waals surface area (Å²) in [5.41, 5.74) is 2.39. The predicted molar refractivity (Wildman–Crippen MR) is 127 cm³/mol. The number of benzene rings is 2. The van der Waals surface area contributed by atoms with E-state index in [4.69, 9.17) is 4.74 Å². The van der Waals surface area contributed by atoms with Gasteiger partial charge in [-0.1, -0.05) is 42.1 Å². The van der Waals surface area contributed by atoms with Crippen molar-refractivity contribution in [3.8, 4) is 17.1 Å². The van der Waals surface area contributed by atoms with Crippen molar-refractivity contribution < 1.29 is 13.9 Å². The Labute approximate surface area is 200 Å². The van der Waals surface area contributed by atoms with Crippen LogP contribution in [0.5, 0.6) is 0 Å². The fraction of sp³-hybridized carbons (Fsp3) is 0.200. The molecule has 1 saturated heterocycles. The van der Waals surface area contributed by atoms with Crippen LogP contribution >= 0.6 is 11.8 Å². The highest BCUT2D eigenvalue weighted by Gasteiger charge is 2.30. The number of carbonyl (C=O) groups excluding carboxylic acids is 1. The lowest BCUT2D eigenvalue weighted by atomic mass is 10.1. The third kappa shape index (κ3) is 4.71. The van der Waals surface area contributed by atoms with Gasteiger partial charge in [0.1, 0.15) is 11.1 Å². The Hall–Kier alpha value is -3.56. The van der Waals surface area contributed by atoms with Crippen molar-refractivity contribution in [2.24, 2.45) is 0 Å². The van der Waals surface area contributed by atoms with Crippen LogP contribution in [0, 0.1) is 5.82 Å². The van der Waals surface area contributed by atoms with Crippen LogP contribution in [-0.2, 0) is 9.53 Å². The number of ether oxygens (including phenoxy) is 1. The van der Waals surface area contributed by atoms with Gasteiger partial charge >= 0.3 is 0 Å². The van der Waals surface area contributed by atoms with Crippen molar-refractivity contribution in [1.82, 2.24) is 24.6 Å². The molecule has 2 aromatic heterocycles. The summed E-state index contributed by atoms with van der Waals surface area (Å²) in [7, 11) is 0. The van der Waals surface area contributed by atoms with Crippen molar-refractivity contribution in [2.75, 3.05) is 26.3 Å². The average molecular weight is 476 g/mol. The summed E-state index contributed by atoms with van der Waals surface area (Å²) >= 11 is 1.33. The fourth-order valence-electron chi connectivity index (χ4n) is 3.80. The molecule has 0 radical (unpaired) electrons. The average Bonchev–Trinajstić information content (AvgIpc) is 3.32. The lowest BCUT2D eigenvalue weighted by Crippen LogP contribution is -2.42. The molecular formula is C25H22FN5O2S. The maximum Gasteiger partial charge on any atom is 0.240 e. The number of hydrogen-bond donors (Lipinski definition) is 0. The molecule has 1 atom stereocenters. The molecule has 1 aliphatic rings. The van der Waals surface area contributed by atoms with Crippen LogP contribution in [0.3, 0.4) is 0 Å². The van der Waals surface area contributed by atoms with Gasteiger partial charge in [0.25, 0.3) is 0 Å². The highest BCUT2D eigenvalue weighted by Crippen LogP contribution is 2.38. The van der Waals surface area contributed by atoms with E-state index >= 15 is 0 Å². The lowest BCUT2D eigenvalue weighted by molar-refractivity contribution is -0.134. The second-order valence-electron chi connectivity index (χ2n) is 7.70. The van der Waals surface area contributed by atoms with E-state index in [9.17, 15) is 9.18 Å². The molecule has 0 spiro atoms. The highest BCUT2D eigenvalue weighted by atomic mass is 32.2. The van der Waals surface area contributed by atoms with E-state index < -0.39 is 5.25 Å². The summed E-state index contributed by atoms with van der Waals surface area (Å²) in [5, 5.41) is 8.90. The van der Waals surface area contributed by atoms with E-state index in [0.29, 0.717) is 43.0 Å². The Balaban J connectivity index is 1.57. The number of amides is 1. The molecule has 1 amide bonds. The van der Waals surface area contributed by atoms with Gasteiger partial charge in [-0.25, -0.2) is 4.39 Å². The van der Waals surface area contributed by atoms with Crippen LogP contribution in [-0.4, -0.2) is 56.9 Å². The van der Waals surface area contributed by atoms with Gasteiger partial charge in [-0.3, -0.25) is 14.3 Å². The molecule has 0 aliphatic carbocycles. The number of morpholine rings is 1. The molecule has 9 heteroatoms. The SMILES string of the molecule is O=C([C@@H](Sc1nnc(-c2ccncc2)n1-c1ccc(F)cc1)c1ccccc1)N1CCOCC1. The molecule has 2 aromatic carbocycles. The number of nitrogens with zero attached hydrogens (tertiary/aromatic N) is 5. The van der Waals surface area contributed by atoms with Crippen molar-refractivity contribution >= 4 is 17.7 Å². The normalized spacial score (nSPS) is 14.7. The summed E-state index contributed by atoms with van der Waals surface area (Å²) in [6, 6.07) is 19.5. The summed E-state index contributed by atoms with van der Waals surface area (Å²) in [5.74, 6) is 0.252. The first-order valence-corrected chi connectivity index (χ1v) is 11.8. The third-order valence-electron chi connectivity index (χ3n) is 5.53. The monoisotopic (exact) mass is 475 g/mol. The topological polar surface area (TPSA) is 73.1 Å². The van der Waals surface area contributed by atoms with Gasteiger partial charge in [-0.2, -0.15) is 0 Å². The van der Waals surface area contributed by atoms with Crippen LogP contribution in [0.25, 0.3) is 17.1 Å². The van der Waals surface area contributed by atoms with E-state index in [0.717, 1.165) is 11.1 Å². The number of aromatic nitrogens is 4. The van der Waals surface area contributed by atoms with E-state index in [1.165, 1.54) is 23.9 Å². The van der Waals surface area contributed by atoms with Gasteiger partial charge in [0.15, 0.2) is 11.0 Å². The zero-order valence-corrected chi connectivity index (χ0v) is 19.1. The Morgan fingerprint density at radius 1 is 0.941 bits per heavy atom. The van der Waals surface area contributed by atoms with Crippen molar-refractivity contribution in [1.29, 1.82) is 0 Å². The second-order valence-corrected chi connectivity index (χ2v) is 8.77. The van der Waals surface area contributed by atoms with Gasteiger partial charge in [-0.15, -0.1) is 10.2 Å². The van der Waals surface area contributed by atoms with Crippen LogP contribution in [0.4, 0.5) is 4.39 Å². The molecule has 34 heavy (non-hydrogen) atoms. The zero-order valence-electron chi connectivity index (χ0n) is 18.3. The molecule has 4 aromatic rings. The molecule has 0 bridgehead atoms. The molecule has 172 valence electrons. The molecule has 3 heterocycles. The number of carbonyl (C=O) groups is 1. The highest BCUT2D eigenvalue weighted by molar-refractivity contribution is 8.00. The molecule has 1 aliphatic heterocycles. The van der Waals surface area contributed by atoms with Gasteiger partial charge in [0, 0.05) is 36.7 Å². The molecular weight excluding hydrogens is 453 g/mol. The van der Waals surface area contributed by atoms with Crippen molar-refractivity contribution in [2.45, 2.75) is 10.4 Å². The quantitative estimate of drug-likeness (QED) is 0.390. The minimum absolute atomic E-state index is 0.00128. The molecule has 0 unspecified atom stereocenters. The van der Waals surface area contributed by atoms with E-state index in [2.05, 4.69) is 15.2 Å². The molecule has 5 rings (SSSR count). The number of pyridine rings is 1. The smallest absolute Gasteiger partial charge is 0.240 e. The number of hydrogen-bond acceptors (Lipinski definition) is 6. The zero-order chi connectivity index (χ0) is 23.3. The minimum Gasteiger partial charge on any atom is -0.378 e. The molecule has 0 saturated carbocycles. The van der Waals surface area contributed by atoms with E-state index in [1.54, 1.807) is 24.5 Å².